The van der Waals surface area contributed by atoms with E-state index in [1.807, 2.05) is 11.3 Å². The Labute approximate surface area is 119 Å². The maximum Gasteiger partial charge on any atom is 0.131 e. The second-order valence-electron chi connectivity index (χ2n) is 7.65. The molecule has 0 aliphatic heterocycles. The van der Waals surface area contributed by atoms with Crippen molar-refractivity contribution in [2.24, 2.45) is 23.7 Å². The fourth-order valence-corrected chi connectivity index (χ4v) is 5.47. The molecule has 0 amide bonds. The van der Waals surface area contributed by atoms with Crippen molar-refractivity contribution in [1.82, 2.24) is 15.5 Å². The third-order valence-corrected chi connectivity index (χ3v) is 6.30. The van der Waals surface area contributed by atoms with Crippen LogP contribution >= 0.6 is 11.3 Å². The molecular formula is C15H23N3S. The Balaban J connectivity index is 1.43. The summed E-state index contributed by atoms with van der Waals surface area (Å²) >= 11 is 1.85. The maximum absolute atomic E-state index is 4.49. The summed E-state index contributed by atoms with van der Waals surface area (Å²) in [4.78, 5) is 0. The highest BCUT2D eigenvalue weighted by Gasteiger charge is 2.66. The lowest BCUT2D eigenvalue weighted by Gasteiger charge is -2.19. The SMILES string of the molecule is CC(C)(C)NCc1nnc(C2C3C4CCC(C4)C23)s1. The molecule has 4 unspecified atom stereocenters. The number of aromatic nitrogens is 2. The molecule has 1 heterocycles. The minimum absolute atomic E-state index is 0.154. The van der Waals surface area contributed by atoms with Crippen LogP contribution in [-0.2, 0) is 6.54 Å². The van der Waals surface area contributed by atoms with Crippen LogP contribution in [0.3, 0.4) is 0 Å². The van der Waals surface area contributed by atoms with E-state index in [2.05, 4.69) is 36.3 Å². The molecule has 0 aromatic carbocycles. The van der Waals surface area contributed by atoms with Crippen LogP contribution in [0.4, 0.5) is 0 Å². The molecule has 3 nitrogen and oxygen atoms in total. The zero-order chi connectivity index (χ0) is 13.2. The van der Waals surface area contributed by atoms with Crippen LogP contribution < -0.4 is 5.32 Å². The van der Waals surface area contributed by atoms with Crippen molar-refractivity contribution in [3.05, 3.63) is 10.0 Å². The van der Waals surface area contributed by atoms with Crippen LogP contribution in [0.1, 0.15) is 56.0 Å². The van der Waals surface area contributed by atoms with E-state index in [1.54, 1.807) is 0 Å². The summed E-state index contributed by atoms with van der Waals surface area (Å²) in [6.45, 7) is 7.43. The van der Waals surface area contributed by atoms with E-state index in [4.69, 9.17) is 0 Å². The topological polar surface area (TPSA) is 37.8 Å². The van der Waals surface area contributed by atoms with Gasteiger partial charge >= 0.3 is 0 Å². The van der Waals surface area contributed by atoms with Crippen molar-refractivity contribution in [2.75, 3.05) is 0 Å². The summed E-state index contributed by atoms with van der Waals surface area (Å²) in [7, 11) is 0. The zero-order valence-corrected chi connectivity index (χ0v) is 12.8. The van der Waals surface area contributed by atoms with Gasteiger partial charge in [-0.2, -0.15) is 0 Å². The number of nitrogens with one attached hydrogen (secondary N) is 1. The molecule has 4 rings (SSSR count). The number of hydrogen-bond donors (Lipinski definition) is 1. The van der Waals surface area contributed by atoms with Gasteiger partial charge in [0.2, 0.25) is 0 Å². The van der Waals surface area contributed by atoms with Gasteiger partial charge in [-0.3, -0.25) is 0 Å². The molecule has 4 heteroatoms. The normalized spacial score (nSPS) is 39.6. The molecule has 19 heavy (non-hydrogen) atoms. The predicted octanol–water partition coefficient (Wildman–Crippen LogP) is 3.19. The van der Waals surface area contributed by atoms with Crippen molar-refractivity contribution in [3.63, 3.8) is 0 Å². The molecule has 1 N–H and O–H groups in total. The van der Waals surface area contributed by atoms with Crippen LogP contribution in [-0.4, -0.2) is 15.7 Å². The van der Waals surface area contributed by atoms with Crippen molar-refractivity contribution >= 4 is 11.3 Å². The lowest BCUT2D eigenvalue weighted by atomic mass is 10.0. The molecule has 1 aromatic rings. The van der Waals surface area contributed by atoms with Crippen molar-refractivity contribution < 1.29 is 0 Å². The van der Waals surface area contributed by atoms with E-state index >= 15 is 0 Å². The van der Waals surface area contributed by atoms with Crippen LogP contribution in [0.25, 0.3) is 0 Å². The van der Waals surface area contributed by atoms with Crippen molar-refractivity contribution in [3.8, 4) is 0 Å². The molecule has 104 valence electrons. The quantitative estimate of drug-likeness (QED) is 0.922. The number of nitrogens with zero attached hydrogens (tertiary/aromatic N) is 2. The van der Waals surface area contributed by atoms with Gasteiger partial charge in [-0.1, -0.05) is 11.3 Å². The Hall–Kier alpha value is -0.480. The first-order valence-corrected chi connectivity index (χ1v) is 8.42. The number of hydrogen-bond acceptors (Lipinski definition) is 4. The standard InChI is InChI=1S/C15H23N3S/c1-15(2,3)16-7-10-17-18-14(19-10)13-11-8-4-5-9(6-8)12(11)13/h8-9,11-13,16H,4-7H2,1-3H3. The molecule has 0 spiro atoms. The summed E-state index contributed by atoms with van der Waals surface area (Å²) in [5, 5.41) is 14.9. The number of rotatable bonds is 3. The van der Waals surface area contributed by atoms with Crippen LogP contribution in [0.5, 0.6) is 0 Å². The van der Waals surface area contributed by atoms with Gasteiger partial charge < -0.3 is 5.32 Å². The minimum Gasteiger partial charge on any atom is -0.306 e. The van der Waals surface area contributed by atoms with Gasteiger partial charge in [-0.25, -0.2) is 0 Å². The predicted molar refractivity (Wildman–Crippen MR) is 77.1 cm³/mol. The summed E-state index contributed by atoms with van der Waals surface area (Å²) in [6, 6.07) is 0. The largest absolute Gasteiger partial charge is 0.306 e. The van der Waals surface area contributed by atoms with Crippen molar-refractivity contribution in [1.29, 1.82) is 0 Å². The first-order valence-electron chi connectivity index (χ1n) is 7.60. The van der Waals surface area contributed by atoms with E-state index in [-0.39, 0.29) is 5.54 Å². The van der Waals surface area contributed by atoms with Gasteiger partial charge in [0, 0.05) is 11.5 Å². The highest BCUT2D eigenvalue weighted by Crippen LogP contribution is 2.73. The van der Waals surface area contributed by atoms with E-state index in [0.717, 1.165) is 41.1 Å². The molecule has 1 aromatic heterocycles. The second kappa shape index (κ2) is 4.01. The van der Waals surface area contributed by atoms with Gasteiger partial charge in [0.25, 0.3) is 0 Å². The van der Waals surface area contributed by atoms with E-state index in [9.17, 15) is 0 Å². The highest BCUT2D eigenvalue weighted by molar-refractivity contribution is 7.11. The average Bonchev–Trinajstić information content (AvgIpc) is 2.75. The zero-order valence-electron chi connectivity index (χ0n) is 12.0. The van der Waals surface area contributed by atoms with Crippen LogP contribution in [0.2, 0.25) is 0 Å². The minimum atomic E-state index is 0.154. The number of fused-ring (bicyclic) bond motifs is 5. The summed E-state index contributed by atoms with van der Waals surface area (Å²) in [5.41, 5.74) is 0.154. The highest BCUT2D eigenvalue weighted by atomic mass is 32.1. The molecule has 0 radical (unpaired) electrons. The van der Waals surface area contributed by atoms with Gasteiger partial charge in [-0.15, -0.1) is 10.2 Å². The van der Waals surface area contributed by atoms with Crippen molar-refractivity contribution in [2.45, 2.75) is 58.0 Å². The summed E-state index contributed by atoms with van der Waals surface area (Å²) in [5.74, 6) is 4.80. The Morgan fingerprint density at radius 3 is 2.47 bits per heavy atom. The molecular weight excluding hydrogens is 254 g/mol. The van der Waals surface area contributed by atoms with E-state index in [1.165, 1.54) is 24.3 Å². The third-order valence-electron chi connectivity index (χ3n) is 5.27. The first-order chi connectivity index (χ1) is 9.03. The van der Waals surface area contributed by atoms with E-state index in [0.29, 0.717) is 0 Å². The van der Waals surface area contributed by atoms with Crippen LogP contribution in [0.15, 0.2) is 0 Å². The summed E-state index contributed by atoms with van der Waals surface area (Å²) in [6.07, 6.45) is 4.49. The molecule has 3 aliphatic rings. The summed E-state index contributed by atoms with van der Waals surface area (Å²) < 4.78 is 0. The molecule has 3 saturated carbocycles. The Bertz CT molecular complexity index is 474. The molecule has 0 saturated heterocycles. The monoisotopic (exact) mass is 277 g/mol. The van der Waals surface area contributed by atoms with Gasteiger partial charge in [0.1, 0.15) is 10.0 Å². The van der Waals surface area contributed by atoms with E-state index < -0.39 is 0 Å². The Morgan fingerprint density at radius 2 is 1.84 bits per heavy atom. The molecule has 3 fully saturated rings. The molecule has 3 aliphatic carbocycles. The van der Waals surface area contributed by atoms with Crippen LogP contribution in [0, 0.1) is 23.7 Å². The lowest BCUT2D eigenvalue weighted by Crippen LogP contribution is -2.35. The average molecular weight is 277 g/mol. The second-order valence-corrected chi connectivity index (χ2v) is 8.74. The maximum atomic E-state index is 4.49. The lowest BCUT2D eigenvalue weighted by molar-refractivity contribution is 0.423. The molecule has 2 bridgehead atoms. The third kappa shape index (κ3) is 2.04. The van der Waals surface area contributed by atoms with Gasteiger partial charge in [0.15, 0.2) is 0 Å². The van der Waals surface area contributed by atoms with Gasteiger partial charge in [0.05, 0.1) is 6.54 Å². The Morgan fingerprint density at radius 1 is 1.16 bits per heavy atom. The Kier molecular flexibility index (Phi) is 2.59. The fourth-order valence-electron chi connectivity index (χ4n) is 4.47. The fraction of sp³-hybridized carbons (Fsp3) is 0.867. The first kappa shape index (κ1) is 12.3. The smallest absolute Gasteiger partial charge is 0.131 e. The molecule has 4 atom stereocenters. The van der Waals surface area contributed by atoms with Gasteiger partial charge in [-0.05, 0) is 63.7 Å².